The highest BCUT2D eigenvalue weighted by molar-refractivity contribution is 6.32. The van der Waals surface area contributed by atoms with Crippen LogP contribution in [0.3, 0.4) is 0 Å². The van der Waals surface area contributed by atoms with E-state index in [9.17, 15) is 34.2 Å². The highest BCUT2D eigenvalue weighted by Gasteiger charge is 2.69. The van der Waals surface area contributed by atoms with E-state index < -0.39 is 75.9 Å². The monoisotopic (exact) mass is 543 g/mol. The predicted molar refractivity (Wildman–Crippen MR) is 135 cm³/mol. The number of carbonyl (C=O) groups excluding carboxylic acids is 5. The van der Waals surface area contributed by atoms with E-state index in [1.807, 2.05) is 0 Å². The van der Waals surface area contributed by atoms with Crippen LogP contribution in [-0.4, -0.2) is 86.9 Å². The SMILES string of the molecule is CC1CCC(C)N1Cc1cc(O)c2c(c1F)C[C@H]1C[C@H]3[C@H](N(C)C)C(=O)C(C(N)=O)C(=O)[C@@]3(O)C(=O)C1C2=O. The quantitative estimate of drug-likeness (QED) is 0.457. The van der Waals surface area contributed by atoms with Gasteiger partial charge in [-0.05, 0) is 65.6 Å². The van der Waals surface area contributed by atoms with E-state index in [0.29, 0.717) is 0 Å². The summed E-state index contributed by atoms with van der Waals surface area (Å²) in [6.07, 6.45) is 1.73. The molecule has 11 heteroatoms. The number of hydrogen-bond acceptors (Lipinski definition) is 9. The number of amides is 1. The number of rotatable bonds is 4. The van der Waals surface area contributed by atoms with Gasteiger partial charge in [0.05, 0.1) is 17.5 Å². The molecule has 1 heterocycles. The zero-order chi connectivity index (χ0) is 28.7. The third-order valence-corrected chi connectivity index (χ3v) is 9.56. The van der Waals surface area contributed by atoms with Crippen molar-refractivity contribution >= 4 is 29.0 Å². The largest absolute Gasteiger partial charge is 0.507 e. The summed E-state index contributed by atoms with van der Waals surface area (Å²) in [7, 11) is 3.03. The molecule has 1 amide bonds. The van der Waals surface area contributed by atoms with Gasteiger partial charge in [-0.15, -0.1) is 0 Å². The van der Waals surface area contributed by atoms with Gasteiger partial charge in [0.1, 0.15) is 11.6 Å². The van der Waals surface area contributed by atoms with Crippen LogP contribution in [0.25, 0.3) is 0 Å². The summed E-state index contributed by atoms with van der Waals surface area (Å²) < 4.78 is 16.0. The van der Waals surface area contributed by atoms with Crippen molar-refractivity contribution in [2.24, 2.45) is 29.4 Å². The van der Waals surface area contributed by atoms with E-state index in [2.05, 4.69) is 18.7 Å². The van der Waals surface area contributed by atoms with Gasteiger partial charge < -0.3 is 15.9 Å². The number of fused-ring (bicyclic) bond motifs is 3. The first-order valence-electron chi connectivity index (χ1n) is 13.3. The van der Waals surface area contributed by atoms with E-state index in [-0.39, 0.29) is 48.2 Å². The van der Waals surface area contributed by atoms with Crippen molar-refractivity contribution in [1.29, 1.82) is 0 Å². The van der Waals surface area contributed by atoms with Crippen molar-refractivity contribution in [3.05, 3.63) is 28.6 Å². The van der Waals surface area contributed by atoms with Gasteiger partial charge in [-0.3, -0.25) is 33.8 Å². The number of nitrogens with two attached hydrogens (primary N) is 1. The van der Waals surface area contributed by atoms with Crippen LogP contribution in [0.1, 0.15) is 54.6 Å². The standard InChI is InChI=1S/C28H34FN3O7/c1-11-5-6-12(2)32(11)10-14-9-17(33)19-15(21(14)29)7-13-8-16-22(31(3)4)24(35)20(27(30)38)26(37)28(16,39)25(36)18(13)23(19)34/h9,11-13,16,18,20,22,33,39H,5-8,10H2,1-4H3,(H2,30,38)/t11?,12?,13-,16-,18?,20?,22-,28-/m0/s1. The number of primary amides is 1. The average Bonchev–Trinajstić information content (AvgIpc) is 3.16. The fourth-order valence-corrected chi connectivity index (χ4v) is 7.58. The summed E-state index contributed by atoms with van der Waals surface area (Å²) in [5.41, 5.74) is 2.44. The molecule has 10 nitrogen and oxygen atoms in total. The zero-order valence-corrected chi connectivity index (χ0v) is 22.4. The molecular weight excluding hydrogens is 509 g/mol. The summed E-state index contributed by atoms with van der Waals surface area (Å²) in [5, 5.41) is 22.5. The number of carbonyl (C=O) groups is 5. The predicted octanol–water partition coefficient (Wildman–Crippen LogP) is 0.379. The van der Waals surface area contributed by atoms with Gasteiger partial charge in [0, 0.05) is 35.7 Å². The number of nitrogens with zero attached hydrogens (tertiary/aromatic N) is 2. The van der Waals surface area contributed by atoms with E-state index in [0.717, 1.165) is 12.8 Å². The summed E-state index contributed by atoms with van der Waals surface area (Å²) in [4.78, 5) is 69.5. The molecule has 3 fully saturated rings. The van der Waals surface area contributed by atoms with Crippen LogP contribution >= 0.6 is 0 Å². The third kappa shape index (κ3) is 3.81. The Kier molecular flexibility index (Phi) is 6.55. The molecule has 1 aliphatic heterocycles. The molecular formula is C28H34FN3O7. The molecule has 210 valence electrons. The van der Waals surface area contributed by atoms with Crippen molar-refractivity contribution in [2.45, 2.75) is 69.8 Å². The molecule has 4 N–H and O–H groups in total. The van der Waals surface area contributed by atoms with Gasteiger partial charge in [-0.1, -0.05) is 0 Å². The molecule has 0 radical (unpaired) electrons. The average molecular weight is 544 g/mol. The lowest BCUT2D eigenvalue weighted by atomic mass is 9.52. The van der Waals surface area contributed by atoms with Crippen molar-refractivity contribution in [3.63, 3.8) is 0 Å². The van der Waals surface area contributed by atoms with Crippen LogP contribution in [0.2, 0.25) is 0 Å². The second-order valence-corrected chi connectivity index (χ2v) is 12.0. The van der Waals surface area contributed by atoms with Crippen LogP contribution in [0.5, 0.6) is 5.75 Å². The van der Waals surface area contributed by atoms with Crippen LogP contribution in [0.4, 0.5) is 4.39 Å². The van der Waals surface area contributed by atoms with Gasteiger partial charge in [-0.25, -0.2) is 4.39 Å². The van der Waals surface area contributed by atoms with E-state index >= 15 is 4.39 Å². The number of aromatic hydroxyl groups is 1. The number of hydrogen-bond donors (Lipinski definition) is 3. The summed E-state index contributed by atoms with van der Waals surface area (Å²) in [6, 6.07) is 0.468. The Hall–Kier alpha value is -3.02. The van der Waals surface area contributed by atoms with Gasteiger partial charge >= 0.3 is 0 Å². The minimum Gasteiger partial charge on any atom is -0.507 e. The van der Waals surface area contributed by atoms with Gasteiger partial charge in [0.2, 0.25) is 5.91 Å². The Morgan fingerprint density at radius 3 is 2.33 bits per heavy atom. The lowest BCUT2D eigenvalue weighted by molar-refractivity contribution is -0.181. The van der Waals surface area contributed by atoms with Crippen molar-refractivity contribution in [1.82, 2.24) is 9.80 Å². The Morgan fingerprint density at radius 2 is 1.77 bits per heavy atom. The Balaban J connectivity index is 1.58. The summed E-state index contributed by atoms with van der Waals surface area (Å²) in [6.45, 7) is 4.36. The minimum absolute atomic E-state index is 0.00105. The van der Waals surface area contributed by atoms with Crippen LogP contribution in [0, 0.1) is 29.5 Å². The van der Waals surface area contributed by atoms with Gasteiger partial charge in [0.25, 0.3) is 0 Å². The molecule has 39 heavy (non-hydrogen) atoms. The minimum atomic E-state index is -2.80. The number of halogens is 1. The topological polar surface area (TPSA) is 158 Å². The fraction of sp³-hybridized carbons (Fsp3) is 0.607. The molecule has 1 saturated heterocycles. The number of benzene rings is 1. The zero-order valence-electron chi connectivity index (χ0n) is 22.4. The number of Topliss-reactive ketones (excluding diaryl/α,β-unsaturated/α-hetero) is 4. The first-order valence-corrected chi connectivity index (χ1v) is 13.3. The van der Waals surface area contributed by atoms with Crippen LogP contribution in [0.15, 0.2) is 6.07 Å². The molecule has 0 bridgehead atoms. The maximum Gasteiger partial charge on any atom is 0.235 e. The highest BCUT2D eigenvalue weighted by Crippen LogP contribution is 2.51. The molecule has 3 aliphatic carbocycles. The Bertz CT molecular complexity index is 1300. The highest BCUT2D eigenvalue weighted by atomic mass is 19.1. The number of likely N-dealkylation sites (tertiary alicyclic amines) is 1. The van der Waals surface area contributed by atoms with Gasteiger partial charge in [0.15, 0.2) is 34.7 Å². The number of likely N-dealkylation sites (N-methyl/N-ethyl adjacent to an activating group) is 1. The first kappa shape index (κ1) is 27.5. The first-order chi connectivity index (χ1) is 18.2. The normalized spacial score (nSPS) is 36.6. The number of phenolic OH excluding ortho intramolecular Hbond substituents is 1. The maximum atomic E-state index is 16.0. The molecule has 8 atom stereocenters. The van der Waals surface area contributed by atoms with Crippen molar-refractivity contribution < 1.29 is 38.6 Å². The van der Waals surface area contributed by atoms with E-state index in [4.69, 9.17) is 5.73 Å². The molecule has 5 rings (SSSR count). The summed E-state index contributed by atoms with van der Waals surface area (Å²) in [5.74, 6) is -12.2. The van der Waals surface area contributed by atoms with Crippen molar-refractivity contribution in [3.8, 4) is 5.75 Å². The molecule has 0 aromatic heterocycles. The fourth-order valence-electron chi connectivity index (χ4n) is 7.58. The third-order valence-electron chi connectivity index (χ3n) is 9.56. The van der Waals surface area contributed by atoms with Crippen molar-refractivity contribution in [2.75, 3.05) is 14.1 Å². The van der Waals surface area contributed by atoms with Crippen LogP contribution in [-0.2, 0) is 32.1 Å². The molecule has 0 spiro atoms. The molecule has 4 unspecified atom stereocenters. The summed E-state index contributed by atoms with van der Waals surface area (Å²) >= 11 is 0. The smallest absolute Gasteiger partial charge is 0.235 e. The lowest BCUT2D eigenvalue weighted by Gasteiger charge is -2.52. The lowest BCUT2D eigenvalue weighted by Crippen LogP contribution is -2.74. The number of ketones is 4. The van der Waals surface area contributed by atoms with Gasteiger partial charge in [-0.2, -0.15) is 0 Å². The van der Waals surface area contributed by atoms with E-state index in [1.165, 1.54) is 25.1 Å². The van der Waals surface area contributed by atoms with E-state index in [1.54, 1.807) is 0 Å². The number of aliphatic hydroxyl groups is 1. The molecule has 1 aromatic carbocycles. The Labute approximate surface area is 225 Å². The second kappa shape index (κ2) is 9.28. The second-order valence-electron chi connectivity index (χ2n) is 12.0. The molecule has 1 aromatic rings. The maximum absolute atomic E-state index is 16.0. The Morgan fingerprint density at radius 1 is 1.15 bits per heavy atom. The number of phenols is 1. The molecule has 4 aliphatic rings. The van der Waals surface area contributed by atoms with Crippen LogP contribution < -0.4 is 5.73 Å². The molecule has 2 saturated carbocycles.